The first-order chi connectivity index (χ1) is 14.0. The van der Waals surface area contributed by atoms with E-state index in [4.69, 9.17) is 9.15 Å². The van der Waals surface area contributed by atoms with Crippen molar-refractivity contribution < 1.29 is 18.7 Å². The van der Waals surface area contributed by atoms with E-state index in [0.717, 1.165) is 10.0 Å². The summed E-state index contributed by atoms with van der Waals surface area (Å²) in [6.07, 6.45) is 3.14. The van der Waals surface area contributed by atoms with E-state index in [1.165, 1.54) is 6.26 Å². The lowest BCUT2D eigenvalue weighted by atomic mass is 10.1. The number of hydrogen-bond donors (Lipinski definition) is 2. The van der Waals surface area contributed by atoms with Gasteiger partial charge in [-0.15, -0.1) is 0 Å². The fourth-order valence-electron chi connectivity index (χ4n) is 2.50. The number of nitrogens with one attached hydrogen (secondary N) is 2. The number of rotatable bonds is 7. The molecule has 0 saturated carbocycles. The first-order valence-electron chi connectivity index (χ1n) is 8.78. The van der Waals surface area contributed by atoms with Crippen molar-refractivity contribution in [2.75, 3.05) is 7.11 Å². The highest BCUT2D eigenvalue weighted by molar-refractivity contribution is 9.10. The van der Waals surface area contributed by atoms with E-state index in [9.17, 15) is 9.59 Å². The Labute approximate surface area is 176 Å². The van der Waals surface area contributed by atoms with Crippen LogP contribution in [0.3, 0.4) is 0 Å². The lowest BCUT2D eigenvalue weighted by molar-refractivity contribution is -0.118. The van der Waals surface area contributed by atoms with Crippen LogP contribution in [0.25, 0.3) is 6.08 Å². The largest absolute Gasteiger partial charge is 0.497 e. The second-order valence-electron chi connectivity index (χ2n) is 6.05. The van der Waals surface area contributed by atoms with Gasteiger partial charge in [0.05, 0.1) is 19.9 Å². The van der Waals surface area contributed by atoms with E-state index in [2.05, 4.69) is 26.6 Å². The van der Waals surface area contributed by atoms with E-state index < -0.39 is 5.91 Å². The number of furan rings is 1. The summed E-state index contributed by atoms with van der Waals surface area (Å²) in [7, 11) is 1.58. The molecule has 3 rings (SSSR count). The highest BCUT2D eigenvalue weighted by Crippen LogP contribution is 2.15. The molecule has 3 aromatic rings. The third-order valence-electron chi connectivity index (χ3n) is 4.03. The zero-order valence-electron chi connectivity index (χ0n) is 15.6. The van der Waals surface area contributed by atoms with Crippen LogP contribution in [0.15, 0.2) is 81.5 Å². The van der Waals surface area contributed by atoms with Gasteiger partial charge in [0.2, 0.25) is 0 Å². The van der Waals surface area contributed by atoms with Crippen LogP contribution in [0.2, 0.25) is 0 Å². The van der Waals surface area contributed by atoms with Gasteiger partial charge in [0.25, 0.3) is 11.8 Å². The Morgan fingerprint density at radius 1 is 1.07 bits per heavy atom. The molecule has 0 unspecified atom stereocenters. The number of methoxy groups -OCH3 is 1. The van der Waals surface area contributed by atoms with Gasteiger partial charge in [-0.25, -0.2) is 0 Å². The van der Waals surface area contributed by atoms with E-state index >= 15 is 0 Å². The van der Waals surface area contributed by atoms with Crippen molar-refractivity contribution in [1.29, 1.82) is 0 Å². The number of carbonyl (C=O) groups excluding carboxylic acids is 2. The number of amides is 2. The number of hydrogen-bond acceptors (Lipinski definition) is 4. The molecule has 0 bridgehead atoms. The summed E-state index contributed by atoms with van der Waals surface area (Å²) in [5.74, 6) is 0.499. The average Bonchev–Trinajstić information content (AvgIpc) is 3.26. The van der Waals surface area contributed by atoms with Crippen LogP contribution in [-0.4, -0.2) is 18.9 Å². The molecule has 0 fully saturated rings. The Kier molecular flexibility index (Phi) is 6.86. The monoisotopic (exact) mass is 454 g/mol. The molecular formula is C22H19BrN2O4. The Hall–Kier alpha value is -3.32. The summed E-state index contributed by atoms with van der Waals surface area (Å²) in [6.45, 7) is 0.208. The van der Waals surface area contributed by atoms with Gasteiger partial charge in [0.1, 0.15) is 17.2 Å². The van der Waals surface area contributed by atoms with Crippen molar-refractivity contribution in [1.82, 2.24) is 10.6 Å². The van der Waals surface area contributed by atoms with Crippen molar-refractivity contribution in [2.45, 2.75) is 6.54 Å². The van der Waals surface area contributed by atoms with Gasteiger partial charge in [-0.1, -0.05) is 28.1 Å². The Balaban J connectivity index is 1.80. The van der Waals surface area contributed by atoms with Crippen LogP contribution in [0, 0.1) is 0 Å². The van der Waals surface area contributed by atoms with Gasteiger partial charge in [0.15, 0.2) is 0 Å². The minimum Gasteiger partial charge on any atom is -0.497 e. The summed E-state index contributed by atoms with van der Waals surface area (Å²) >= 11 is 3.34. The van der Waals surface area contributed by atoms with Gasteiger partial charge < -0.3 is 19.8 Å². The SMILES string of the molecule is COc1ccc(C=C(NC(=O)c2ccc(Br)cc2)C(=O)NCc2ccco2)cc1. The predicted molar refractivity (Wildman–Crippen MR) is 113 cm³/mol. The summed E-state index contributed by atoms with van der Waals surface area (Å²) < 4.78 is 11.2. The third-order valence-corrected chi connectivity index (χ3v) is 4.56. The molecule has 0 aliphatic carbocycles. The quantitative estimate of drug-likeness (QED) is 0.525. The van der Waals surface area contributed by atoms with Gasteiger partial charge in [-0.05, 0) is 60.2 Å². The van der Waals surface area contributed by atoms with Crippen LogP contribution in [0.5, 0.6) is 5.75 Å². The lowest BCUT2D eigenvalue weighted by Gasteiger charge is -2.11. The second kappa shape index (κ2) is 9.75. The number of benzene rings is 2. The predicted octanol–water partition coefficient (Wildman–Crippen LogP) is 4.14. The van der Waals surface area contributed by atoms with Crippen LogP contribution in [-0.2, 0) is 11.3 Å². The zero-order valence-corrected chi connectivity index (χ0v) is 17.2. The van der Waals surface area contributed by atoms with Crippen molar-refractivity contribution in [3.8, 4) is 5.75 Å². The van der Waals surface area contributed by atoms with E-state index in [0.29, 0.717) is 17.1 Å². The van der Waals surface area contributed by atoms with Gasteiger partial charge in [-0.2, -0.15) is 0 Å². The summed E-state index contributed by atoms with van der Waals surface area (Å²) in [6, 6.07) is 17.5. The van der Waals surface area contributed by atoms with E-state index in [1.54, 1.807) is 73.8 Å². The minimum absolute atomic E-state index is 0.120. The maximum Gasteiger partial charge on any atom is 0.268 e. The van der Waals surface area contributed by atoms with E-state index in [-0.39, 0.29) is 18.1 Å². The molecule has 2 amide bonds. The molecule has 0 saturated heterocycles. The van der Waals surface area contributed by atoms with Crippen LogP contribution >= 0.6 is 15.9 Å². The molecule has 1 aromatic heterocycles. The highest BCUT2D eigenvalue weighted by Gasteiger charge is 2.15. The zero-order chi connectivity index (χ0) is 20.6. The highest BCUT2D eigenvalue weighted by atomic mass is 79.9. The van der Waals surface area contributed by atoms with Gasteiger partial charge >= 0.3 is 0 Å². The molecule has 1 heterocycles. The van der Waals surface area contributed by atoms with Crippen molar-refractivity contribution >= 4 is 33.8 Å². The maximum atomic E-state index is 12.7. The summed E-state index contributed by atoms with van der Waals surface area (Å²) in [5.41, 5.74) is 1.30. The maximum absolute atomic E-state index is 12.7. The summed E-state index contributed by atoms with van der Waals surface area (Å²) in [5, 5.41) is 5.44. The van der Waals surface area contributed by atoms with Gasteiger partial charge in [0, 0.05) is 10.0 Å². The molecule has 148 valence electrons. The number of carbonyl (C=O) groups is 2. The van der Waals surface area contributed by atoms with Crippen LogP contribution < -0.4 is 15.4 Å². The number of halogens is 1. The fraction of sp³-hybridized carbons (Fsp3) is 0.0909. The second-order valence-corrected chi connectivity index (χ2v) is 6.97. The molecule has 2 aromatic carbocycles. The molecule has 0 spiro atoms. The van der Waals surface area contributed by atoms with Crippen LogP contribution in [0.1, 0.15) is 21.7 Å². The minimum atomic E-state index is -0.428. The number of ether oxygens (including phenoxy) is 1. The van der Waals surface area contributed by atoms with Crippen LogP contribution in [0.4, 0.5) is 0 Å². The lowest BCUT2D eigenvalue weighted by Crippen LogP contribution is -2.34. The topological polar surface area (TPSA) is 80.6 Å². The smallest absolute Gasteiger partial charge is 0.268 e. The molecule has 2 N–H and O–H groups in total. The summed E-state index contributed by atoms with van der Waals surface area (Å²) in [4.78, 5) is 25.3. The average molecular weight is 455 g/mol. The standard InChI is InChI=1S/C22H19BrN2O4/c1-28-18-10-4-15(5-11-18)13-20(22(27)24-14-19-3-2-12-29-19)25-21(26)16-6-8-17(23)9-7-16/h2-13H,14H2,1H3,(H,24,27)(H,25,26). The Morgan fingerprint density at radius 3 is 2.41 bits per heavy atom. The Morgan fingerprint density at radius 2 is 1.79 bits per heavy atom. The van der Waals surface area contributed by atoms with Gasteiger partial charge in [-0.3, -0.25) is 9.59 Å². The molecule has 0 atom stereocenters. The molecule has 7 heteroatoms. The normalized spacial score (nSPS) is 11.0. The molecule has 0 aliphatic rings. The first kappa shape index (κ1) is 20.4. The fourth-order valence-corrected chi connectivity index (χ4v) is 2.76. The van der Waals surface area contributed by atoms with Crippen molar-refractivity contribution in [3.05, 3.63) is 94.0 Å². The third kappa shape index (κ3) is 5.83. The molecule has 0 aliphatic heterocycles. The molecule has 29 heavy (non-hydrogen) atoms. The molecular weight excluding hydrogens is 436 g/mol. The first-order valence-corrected chi connectivity index (χ1v) is 9.57. The Bertz CT molecular complexity index is 994. The molecule has 0 radical (unpaired) electrons. The van der Waals surface area contributed by atoms with E-state index in [1.807, 2.05) is 0 Å². The van der Waals surface area contributed by atoms with Crippen molar-refractivity contribution in [2.24, 2.45) is 0 Å². The van der Waals surface area contributed by atoms with Crippen molar-refractivity contribution in [3.63, 3.8) is 0 Å². The molecule has 6 nitrogen and oxygen atoms in total.